The fourth-order valence-corrected chi connectivity index (χ4v) is 4.23. The van der Waals surface area contributed by atoms with Crippen LogP contribution in [-0.4, -0.2) is 17.7 Å². The summed E-state index contributed by atoms with van der Waals surface area (Å²) in [6.07, 6.45) is 4.70. The zero-order chi connectivity index (χ0) is 16.5. The van der Waals surface area contributed by atoms with E-state index in [0.717, 1.165) is 28.7 Å². The third-order valence-electron chi connectivity index (χ3n) is 4.99. The molecule has 2 nitrogen and oxygen atoms in total. The van der Waals surface area contributed by atoms with E-state index in [4.69, 9.17) is 23.2 Å². The molecule has 2 aromatic carbocycles. The first-order valence-electron chi connectivity index (χ1n) is 8.45. The van der Waals surface area contributed by atoms with E-state index in [1.54, 1.807) is 0 Å². The molecule has 4 heteroatoms. The van der Waals surface area contributed by atoms with Gasteiger partial charge in [0.25, 0.3) is 0 Å². The van der Waals surface area contributed by atoms with Gasteiger partial charge in [0.2, 0.25) is 0 Å². The van der Waals surface area contributed by atoms with Gasteiger partial charge in [-0.3, -0.25) is 0 Å². The van der Waals surface area contributed by atoms with Gasteiger partial charge in [-0.2, -0.15) is 0 Å². The Morgan fingerprint density at radius 1 is 0.958 bits per heavy atom. The molecule has 1 saturated heterocycles. The number of nitrogens with zero attached hydrogens (tertiary/aromatic N) is 1. The molecule has 24 heavy (non-hydrogen) atoms. The molecule has 1 N–H and O–H groups in total. The van der Waals surface area contributed by atoms with E-state index in [-0.39, 0.29) is 0 Å². The molecule has 1 aliphatic heterocycles. The van der Waals surface area contributed by atoms with Crippen molar-refractivity contribution in [2.24, 2.45) is 0 Å². The Morgan fingerprint density at radius 3 is 2.42 bits per heavy atom. The number of piperidine rings is 1. The quantitative estimate of drug-likeness (QED) is 0.657. The minimum absolute atomic E-state index is 0.624. The van der Waals surface area contributed by atoms with E-state index in [0.29, 0.717) is 12.5 Å². The molecule has 0 spiro atoms. The molecule has 1 aliphatic rings. The van der Waals surface area contributed by atoms with Crippen molar-refractivity contribution in [1.82, 2.24) is 9.88 Å². The van der Waals surface area contributed by atoms with Crippen LogP contribution in [0.1, 0.15) is 29.9 Å². The summed E-state index contributed by atoms with van der Waals surface area (Å²) in [4.78, 5) is 0. The van der Waals surface area contributed by atoms with Gasteiger partial charge in [-0.05, 0) is 55.6 Å². The number of nitrogens with one attached hydrogen (secondary N) is 1. The summed E-state index contributed by atoms with van der Waals surface area (Å²) in [6.45, 7) is 2.89. The van der Waals surface area contributed by atoms with E-state index in [1.807, 2.05) is 18.2 Å². The van der Waals surface area contributed by atoms with Crippen molar-refractivity contribution in [1.29, 1.82) is 0 Å². The Kier molecular flexibility index (Phi) is 4.53. The van der Waals surface area contributed by atoms with Gasteiger partial charge in [0, 0.05) is 32.7 Å². The Morgan fingerprint density at radius 2 is 1.67 bits per heavy atom. The molecule has 0 aliphatic carbocycles. The maximum atomic E-state index is 6.38. The number of halogens is 2. The molecule has 0 amide bonds. The summed E-state index contributed by atoms with van der Waals surface area (Å²) in [5, 5.41) is 6.26. The average Bonchev–Trinajstić information content (AvgIpc) is 2.98. The zero-order valence-electron chi connectivity index (χ0n) is 13.4. The van der Waals surface area contributed by atoms with Crippen LogP contribution in [0.3, 0.4) is 0 Å². The number of hydrogen-bond donors (Lipinski definition) is 1. The summed E-state index contributed by atoms with van der Waals surface area (Å²) >= 11 is 12.8. The Hall–Kier alpha value is -1.48. The zero-order valence-corrected chi connectivity index (χ0v) is 14.9. The molecular weight excluding hydrogens is 339 g/mol. The monoisotopic (exact) mass is 358 g/mol. The molecule has 2 heterocycles. The van der Waals surface area contributed by atoms with Crippen LogP contribution in [0.15, 0.2) is 48.7 Å². The molecule has 124 valence electrons. The van der Waals surface area contributed by atoms with Crippen LogP contribution in [0.25, 0.3) is 10.9 Å². The van der Waals surface area contributed by atoms with E-state index < -0.39 is 0 Å². The highest BCUT2D eigenvalue weighted by molar-refractivity contribution is 6.36. The fourth-order valence-electron chi connectivity index (χ4n) is 3.72. The van der Waals surface area contributed by atoms with E-state index in [9.17, 15) is 0 Å². The Labute approximate surface area is 152 Å². The highest BCUT2D eigenvalue weighted by atomic mass is 35.5. The normalized spacial score (nSPS) is 15.9. The highest BCUT2D eigenvalue weighted by Crippen LogP contribution is 2.34. The molecule has 0 radical (unpaired) electrons. The van der Waals surface area contributed by atoms with Crippen molar-refractivity contribution in [3.05, 3.63) is 69.8 Å². The smallest absolute Gasteiger partial charge is 0.0505 e. The van der Waals surface area contributed by atoms with Crippen molar-refractivity contribution in [2.45, 2.75) is 25.3 Å². The van der Waals surface area contributed by atoms with E-state index >= 15 is 0 Å². The largest absolute Gasteiger partial charge is 0.343 e. The summed E-state index contributed by atoms with van der Waals surface area (Å²) < 4.78 is 2.29. The summed E-state index contributed by atoms with van der Waals surface area (Å²) in [7, 11) is 0. The second-order valence-electron chi connectivity index (χ2n) is 6.45. The predicted molar refractivity (Wildman–Crippen MR) is 102 cm³/mol. The second-order valence-corrected chi connectivity index (χ2v) is 7.27. The van der Waals surface area contributed by atoms with Gasteiger partial charge in [0.1, 0.15) is 0 Å². The van der Waals surface area contributed by atoms with Crippen LogP contribution in [0.5, 0.6) is 0 Å². The van der Waals surface area contributed by atoms with Crippen molar-refractivity contribution in [2.75, 3.05) is 13.1 Å². The molecule has 0 saturated carbocycles. The minimum atomic E-state index is 0.624. The second kappa shape index (κ2) is 6.79. The number of aromatic nitrogens is 1. The van der Waals surface area contributed by atoms with Crippen molar-refractivity contribution >= 4 is 34.1 Å². The van der Waals surface area contributed by atoms with Gasteiger partial charge in [-0.25, -0.2) is 0 Å². The number of para-hydroxylation sites is 1. The van der Waals surface area contributed by atoms with Crippen LogP contribution in [0.4, 0.5) is 0 Å². The van der Waals surface area contributed by atoms with Crippen molar-refractivity contribution in [3.63, 3.8) is 0 Å². The first kappa shape index (κ1) is 16.0. The van der Waals surface area contributed by atoms with Gasteiger partial charge in [-0.15, -0.1) is 0 Å². The highest BCUT2D eigenvalue weighted by Gasteiger charge is 2.20. The van der Waals surface area contributed by atoms with Crippen LogP contribution in [0.2, 0.25) is 10.0 Å². The lowest BCUT2D eigenvalue weighted by Crippen LogP contribution is -2.26. The first-order chi connectivity index (χ1) is 11.7. The Bertz CT molecular complexity index is 843. The third-order valence-corrected chi connectivity index (χ3v) is 5.70. The summed E-state index contributed by atoms with van der Waals surface area (Å²) in [6, 6.07) is 14.3. The summed E-state index contributed by atoms with van der Waals surface area (Å²) in [5.41, 5.74) is 3.69. The van der Waals surface area contributed by atoms with E-state index in [1.165, 1.54) is 29.3 Å². The van der Waals surface area contributed by atoms with Crippen LogP contribution in [-0.2, 0) is 6.54 Å². The number of rotatable bonds is 3. The SMILES string of the molecule is Clc1cccc(Cl)c1Cn1cc(C2CCNCC2)c2ccccc21. The molecule has 0 atom stereocenters. The van der Waals surface area contributed by atoms with E-state index in [2.05, 4.69) is 40.3 Å². The fraction of sp³-hybridized carbons (Fsp3) is 0.300. The van der Waals surface area contributed by atoms with Crippen LogP contribution in [0, 0.1) is 0 Å². The lowest BCUT2D eigenvalue weighted by molar-refractivity contribution is 0.461. The van der Waals surface area contributed by atoms with Gasteiger partial charge in [0.05, 0.1) is 6.54 Å². The molecule has 0 bridgehead atoms. The minimum Gasteiger partial charge on any atom is -0.343 e. The number of hydrogen-bond acceptors (Lipinski definition) is 1. The van der Waals surface area contributed by atoms with Crippen molar-refractivity contribution < 1.29 is 0 Å². The summed E-state index contributed by atoms with van der Waals surface area (Å²) in [5.74, 6) is 0.624. The lowest BCUT2D eigenvalue weighted by atomic mass is 9.90. The van der Waals surface area contributed by atoms with Gasteiger partial charge in [-0.1, -0.05) is 47.5 Å². The van der Waals surface area contributed by atoms with Crippen LogP contribution < -0.4 is 5.32 Å². The predicted octanol–water partition coefficient (Wildman–Crippen LogP) is 5.46. The third kappa shape index (κ3) is 2.95. The molecule has 1 fully saturated rings. The maximum absolute atomic E-state index is 6.38. The lowest BCUT2D eigenvalue weighted by Gasteiger charge is -2.22. The van der Waals surface area contributed by atoms with Gasteiger partial charge in [0.15, 0.2) is 0 Å². The van der Waals surface area contributed by atoms with Gasteiger partial charge < -0.3 is 9.88 Å². The topological polar surface area (TPSA) is 17.0 Å². The van der Waals surface area contributed by atoms with Crippen LogP contribution >= 0.6 is 23.2 Å². The molecule has 3 aromatic rings. The van der Waals surface area contributed by atoms with Crippen molar-refractivity contribution in [3.8, 4) is 0 Å². The number of benzene rings is 2. The molecule has 4 rings (SSSR count). The van der Waals surface area contributed by atoms with Gasteiger partial charge >= 0.3 is 0 Å². The first-order valence-corrected chi connectivity index (χ1v) is 9.21. The standard InChI is InChI=1S/C20H20Cl2N2/c21-18-5-3-6-19(22)17(18)13-24-12-16(14-8-10-23-11-9-14)15-4-1-2-7-20(15)24/h1-7,12,14,23H,8-11,13H2. The molecule has 1 aromatic heterocycles. The number of fused-ring (bicyclic) bond motifs is 1. The Balaban J connectivity index is 1.78. The molecule has 0 unspecified atom stereocenters. The average molecular weight is 359 g/mol. The maximum Gasteiger partial charge on any atom is 0.0505 e. The molecular formula is C20H20Cl2N2.